The van der Waals surface area contributed by atoms with Gasteiger partial charge in [0.15, 0.2) is 0 Å². The summed E-state index contributed by atoms with van der Waals surface area (Å²) in [7, 11) is 0. The molecular formula is C16H18O6. The molecule has 118 valence electrons. The Kier molecular flexibility index (Phi) is 3.09. The number of rotatable bonds is 0. The minimum atomic E-state index is -0.658. The quantitative estimate of drug-likeness (QED) is 0.494. The molecule has 2 heterocycles. The maximum absolute atomic E-state index is 12.3. The van der Waals surface area contributed by atoms with Crippen molar-refractivity contribution in [2.75, 3.05) is 0 Å². The largest absolute Gasteiger partial charge is 0.393 e. The summed E-state index contributed by atoms with van der Waals surface area (Å²) in [6.45, 7) is 0. The van der Waals surface area contributed by atoms with Gasteiger partial charge in [0, 0.05) is 0 Å². The molecule has 6 unspecified atom stereocenters. The maximum Gasteiger partial charge on any atom is 0.317 e. The van der Waals surface area contributed by atoms with Crippen LogP contribution in [0.25, 0.3) is 0 Å². The fourth-order valence-corrected chi connectivity index (χ4v) is 4.85. The molecule has 4 aliphatic rings. The number of fused-ring (bicyclic) bond motifs is 5. The Morgan fingerprint density at radius 2 is 0.909 bits per heavy atom. The van der Waals surface area contributed by atoms with Gasteiger partial charge in [0.2, 0.25) is 0 Å². The molecule has 0 N–H and O–H groups in total. The summed E-state index contributed by atoms with van der Waals surface area (Å²) in [6.07, 6.45) is 3.85. The second-order valence-electron chi connectivity index (χ2n) is 7.05. The van der Waals surface area contributed by atoms with E-state index >= 15 is 0 Å². The summed E-state index contributed by atoms with van der Waals surface area (Å²) < 4.78 is 10.1. The van der Waals surface area contributed by atoms with Gasteiger partial charge >= 0.3 is 23.9 Å². The summed E-state index contributed by atoms with van der Waals surface area (Å²) in [5.74, 6) is -4.45. The summed E-state index contributed by atoms with van der Waals surface area (Å²) in [5.41, 5.74) is 0. The van der Waals surface area contributed by atoms with E-state index < -0.39 is 47.5 Å². The minimum Gasteiger partial charge on any atom is -0.393 e. The van der Waals surface area contributed by atoms with Crippen molar-refractivity contribution >= 4 is 23.9 Å². The van der Waals surface area contributed by atoms with E-state index in [2.05, 4.69) is 0 Å². The topological polar surface area (TPSA) is 86.7 Å². The molecule has 4 fully saturated rings. The van der Waals surface area contributed by atoms with E-state index in [-0.39, 0.29) is 0 Å². The van der Waals surface area contributed by atoms with Gasteiger partial charge in [-0.15, -0.1) is 0 Å². The Morgan fingerprint density at radius 1 is 0.545 bits per heavy atom. The Hall–Kier alpha value is -1.72. The molecule has 0 spiro atoms. The smallest absolute Gasteiger partial charge is 0.317 e. The molecule has 2 saturated heterocycles. The van der Waals surface area contributed by atoms with Crippen LogP contribution in [0.2, 0.25) is 0 Å². The van der Waals surface area contributed by atoms with Crippen LogP contribution >= 0.6 is 0 Å². The summed E-state index contributed by atoms with van der Waals surface area (Å²) in [4.78, 5) is 49.2. The van der Waals surface area contributed by atoms with E-state index in [9.17, 15) is 19.2 Å². The Labute approximate surface area is 127 Å². The monoisotopic (exact) mass is 306 g/mol. The third-order valence-corrected chi connectivity index (χ3v) is 6.06. The molecule has 0 radical (unpaired) electrons. The predicted octanol–water partition coefficient (Wildman–Crippen LogP) is 1.22. The Morgan fingerprint density at radius 3 is 1.32 bits per heavy atom. The number of hydrogen-bond donors (Lipinski definition) is 0. The SMILES string of the molecule is O=C1OC(=O)C2CCC3CC2C(=O)OC(=O)C2CC3CCC12. The van der Waals surface area contributed by atoms with Gasteiger partial charge in [0.05, 0.1) is 23.7 Å². The van der Waals surface area contributed by atoms with Crippen LogP contribution in [0.4, 0.5) is 0 Å². The lowest BCUT2D eigenvalue weighted by Gasteiger charge is -2.37. The van der Waals surface area contributed by atoms with Gasteiger partial charge in [0.1, 0.15) is 0 Å². The number of carbonyl (C=O) groups is 4. The van der Waals surface area contributed by atoms with E-state index in [1.165, 1.54) is 0 Å². The molecule has 2 saturated carbocycles. The van der Waals surface area contributed by atoms with Crippen LogP contribution in [0.1, 0.15) is 38.5 Å². The van der Waals surface area contributed by atoms with Crippen LogP contribution in [-0.2, 0) is 28.7 Å². The Bertz CT molecular complexity index is 519. The molecule has 6 heteroatoms. The van der Waals surface area contributed by atoms with Crippen molar-refractivity contribution in [2.24, 2.45) is 35.5 Å². The summed E-state index contributed by atoms with van der Waals surface area (Å²) in [6, 6.07) is 0. The lowest BCUT2D eigenvalue weighted by atomic mass is 9.64. The van der Waals surface area contributed by atoms with Gasteiger partial charge in [-0.2, -0.15) is 0 Å². The highest BCUT2D eigenvalue weighted by Gasteiger charge is 2.52. The first-order valence-corrected chi connectivity index (χ1v) is 8.05. The molecule has 6 nitrogen and oxygen atoms in total. The van der Waals surface area contributed by atoms with E-state index in [1.807, 2.05) is 0 Å². The van der Waals surface area contributed by atoms with Gasteiger partial charge in [-0.25, -0.2) is 0 Å². The molecule has 4 rings (SSSR count). The zero-order chi connectivity index (χ0) is 15.4. The molecule has 2 aliphatic heterocycles. The van der Waals surface area contributed by atoms with Gasteiger partial charge < -0.3 is 9.47 Å². The highest BCUT2D eigenvalue weighted by molar-refractivity contribution is 5.97. The lowest BCUT2D eigenvalue weighted by molar-refractivity contribution is -0.182. The third-order valence-electron chi connectivity index (χ3n) is 6.06. The van der Waals surface area contributed by atoms with Crippen molar-refractivity contribution in [1.29, 1.82) is 0 Å². The minimum absolute atomic E-state index is 0.323. The third kappa shape index (κ3) is 2.00. The number of carbonyl (C=O) groups excluding carboxylic acids is 4. The predicted molar refractivity (Wildman–Crippen MR) is 70.8 cm³/mol. The summed E-state index contributed by atoms with van der Waals surface area (Å²) in [5, 5.41) is 0. The number of esters is 4. The van der Waals surface area contributed by atoms with Gasteiger partial charge in [-0.3, -0.25) is 19.2 Å². The van der Waals surface area contributed by atoms with Crippen molar-refractivity contribution < 1.29 is 28.7 Å². The van der Waals surface area contributed by atoms with Crippen LogP contribution in [-0.4, -0.2) is 23.9 Å². The van der Waals surface area contributed by atoms with E-state index in [0.29, 0.717) is 37.5 Å². The second-order valence-corrected chi connectivity index (χ2v) is 7.05. The van der Waals surface area contributed by atoms with E-state index in [1.54, 1.807) is 0 Å². The normalized spacial score (nSPS) is 44.4. The molecule has 6 atom stereocenters. The van der Waals surface area contributed by atoms with Crippen molar-refractivity contribution in [2.45, 2.75) is 38.5 Å². The molecule has 0 aromatic carbocycles. The van der Waals surface area contributed by atoms with Crippen LogP contribution in [0, 0.1) is 35.5 Å². The summed E-state index contributed by atoms with van der Waals surface area (Å²) >= 11 is 0. The van der Waals surface area contributed by atoms with E-state index in [0.717, 1.165) is 12.8 Å². The molecule has 0 aromatic heterocycles. The number of hydrogen-bond acceptors (Lipinski definition) is 6. The molecule has 2 aliphatic carbocycles. The first-order valence-electron chi connectivity index (χ1n) is 8.05. The average molecular weight is 306 g/mol. The van der Waals surface area contributed by atoms with Crippen molar-refractivity contribution in [3.63, 3.8) is 0 Å². The highest BCUT2D eigenvalue weighted by atomic mass is 16.6. The molecule has 0 aromatic rings. The highest BCUT2D eigenvalue weighted by Crippen LogP contribution is 2.48. The Balaban J connectivity index is 1.84. The zero-order valence-corrected chi connectivity index (χ0v) is 12.2. The van der Waals surface area contributed by atoms with E-state index in [4.69, 9.17) is 9.47 Å². The van der Waals surface area contributed by atoms with Crippen LogP contribution in [0.15, 0.2) is 0 Å². The standard InChI is InChI=1S/C16H18O6/c17-13-9-3-1-7-5-11(9)15(19)22-16(20)12-6-8(7)2-4-10(12)14(18)21-13/h7-12H,1-6H2. The molecular weight excluding hydrogens is 288 g/mol. The van der Waals surface area contributed by atoms with Crippen LogP contribution in [0.5, 0.6) is 0 Å². The van der Waals surface area contributed by atoms with Crippen molar-refractivity contribution in [1.82, 2.24) is 0 Å². The number of cyclic esters (lactones) is 2. The fraction of sp³-hybridized carbons (Fsp3) is 0.750. The maximum atomic E-state index is 12.3. The van der Waals surface area contributed by atoms with Gasteiger partial charge in [-0.05, 0) is 50.4 Å². The lowest BCUT2D eigenvalue weighted by Crippen LogP contribution is -2.42. The first-order chi connectivity index (χ1) is 10.5. The molecule has 4 bridgehead atoms. The van der Waals surface area contributed by atoms with Crippen molar-refractivity contribution in [3.05, 3.63) is 0 Å². The second kappa shape index (κ2) is 4.89. The zero-order valence-electron chi connectivity index (χ0n) is 12.2. The molecule has 0 amide bonds. The number of ether oxygens (including phenoxy) is 2. The van der Waals surface area contributed by atoms with Crippen LogP contribution in [0.3, 0.4) is 0 Å². The van der Waals surface area contributed by atoms with Crippen molar-refractivity contribution in [3.8, 4) is 0 Å². The van der Waals surface area contributed by atoms with Crippen LogP contribution < -0.4 is 0 Å². The first kappa shape index (κ1) is 13.9. The van der Waals surface area contributed by atoms with Gasteiger partial charge in [0.25, 0.3) is 0 Å². The fourth-order valence-electron chi connectivity index (χ4n) is 4.85. The average Bonchev–Trinajstić information content (AvgIpc) is 2.55. The molecule has 22 heavy (non-hydrogen) atoms. The van der Waals surface area contributed by atoms with Gasteiger partial charge in [-0.1, -0.05) is 0 Å².